The average molecular weight is 266 g/mol. The lowest BCUT2D eigenvalue weighted by Crippen LogP contribution is -2.29. The van der Waals surface area contributed by atoms with Gasteiger partial charge in [-0.15, -0.1) is 0 Å². The summed E-state index contributed by atoms with van der Waals surface area (Å²) in [5, 5.41) is 9.41. The molecule has 4 heteroatoms. The van der Waals surface area contributed by atoms with Gasteiger partial charge in [-0.3, -0.25) is 0 Å². The predicted octanol–water partition coefficient (Wildman–Crippen LogP) is 2.52. The van der Waals surface area contributed by atoms with Gasteiger partial charge in [-0.25, -0.2) is 0 Å². The number of hydrogen-bond donors (Lipinski definition) is 1. The topological polar surface area (TPSA) is 47.9 Å². The minimum absolute atomic E-state index is 0.0487. The molecule has 4 nitrogen and oxygen atoms in total. The zero-order valence-electron chi connectivity index (χ0n) is 11.6. The summed E-state index contributed by atoms with van der Waals surface area (Å²) in [4.78, 5) is 0. The van der Waals surface area contributed by atoms with Gasteiger partial charge in [0.2, 0.25) is 0 Å². The maximum absolute atomic E-state index is 9.41. The third kappa shape index (κ3) is 3.61. The third-order valence-corrected chi connectivity index (χ3v) is 3.64. The molecule has 0 bridgehead atoms. The first-order chi connectivity index (χ1) is 9.26. The summed E-state index contributed by atoms with van der Waals surface area (Å²) >= 11 is 0. The molecule has 1 aliphatic rings. The second kappa shape index (κ2) is 6.78. The molecular formula is C15H22O4. The SMILES string of the molecule is COc1ccc(OC2CCCC(OC)C2)c(CO)c1. The fourth-order valence-corrected chi connectivity index (χ4v) is 2.52. The van der Waals surface area contributed by atoms with E-state index in [1.807, 2.05) is 18.2 Å². The second-order valence-electron chi connectivity index (χ2n) is 4.90. The molecule has 0 spiro atoms. The van der Waals surface area contributed by atoms with Gasteiger partial charge >= 0.3 is 0 Å². The van der Waals surface area contributed by atoms with Crippen molar-refractivity contribution < 1.29 is 19.3 Å². The van der Waals surface area contributed by atoms with E-state index >= 15 is 0 Å². The molecular weight excluding hydrogens is 244 g/mol. The van der Waals surface area contributed by atoms with Crippen LogP contribution in [0.15, 0.2) is 18.2 Å². The molecule has 1 fully saturated rings. The summed E-state index contributed by atoms with van der Waals surface area (Å²) in [7, 11) is 3.36. The molecule has 1 aliphatic carbocycles. The largest absolute Gasteiger partial charge is 0.497 e. The van der Waals surface area contributed by atoms with Gasteiger partial charge in [-0.05, 0) is 37.5 Å². The maximum Gasteiger partial charge on any atom is 0.125 e. The van der Waals surface area contributed by atoms with Gasteiger partial charge in [0.15, 0.2) is 0 Å². The fourth-order valence-electron chi connectivity index (χ4n) is 2.52. The molecule has 0 amide bonds. The summed E-state index contributed by atoms with van der Waals surface area (Å²) in [6, 6.07) is 5.53. The van der Waals surface area contributed by atoms with Crippen LogP contribution >= 0.6 is 0 Å². The van der Waals surface area contributed by atoms with Crippen molar-refractivity contribution >= 4 is 0 Å². The Balaban J connectivity index is 2.05. The van der Waals surface area contributed by atoms with E-state index in [0.29, 0.717) is 0 Å². The molecule has 1 saturated carbocycles. The Bertz CT molecular complexity index is 405. The van der Waals surface area contributed by atoms with Crippen molar-refractivity contribution in [2.75, 3.05) is 14.2 Å². The zero-order valence-corrected chi connectivity index (χ0v) is 11.6. The van der Waals surface area contributed by atoms with Crippen molar-refractivity contribution in [3.63, 3.8) is 0 Å². The number of rotatable bonds is 5. The molecule has 0 saturated heterocycles. The van der Waals surface area contributed by atoms with Crippen LogP contribution < -0.4 is 9.47 Å². The average Bonchev–Trinajstić information content (AvgIpc) is 2.48. The lowest BCUT2D eigenvalue weighted by atomic mass is 9.95. The van der Waals surface area contributed by atoms with Crippen molar-refractivity contribution in [3.8, 4) is 11.5 Å². The molecule has 2 rings (SSSR count). The van der Waals surface area contributed by atoms with E-state index in [9.17, 15) is 5.11 Å². The Morgan fingerprint density at radius 1 is 1.21 bits per heavy atom. The minimum atomic E-state index is -0.0487. The molecule has 19 heavy (non-hydrogen) atoms. The Morgan fingerprint density at radius 2 is 2.00 bits per heavy atom. The highest BCUT2D eigenvalue weighted by Gasteiger charge is 2.23. The zero-order chi connectivity index (χ0) is 13.7. The van der Waals surface area contributed by atoms with Crippen LogP contribution in [-0.4, -0.2) is 31.5 Å². The van der Waals surface area contributed by atoms with Crippen LogP contribution in [0, 0.1) is 0 Å². The molecule has 1 aromatic carbocycles. The number of ether oxygens (including phenoxy) is 3. The second-order valence-corrected chi connectivity index (χ2v) is 4.90. The van der Waals surface area contributed by atoms with Crippen LogP contribution in [0.3, 0.4) is 0 Å². The van der Waals surface area contributed by atoms with Crippen LogP contribution in [0.5, 0.6) is 11.5 Å². The van der Waals surface area contributed by atoms with E-state index < -0.39 is 0 Å². The van der Waals surface area contributed by atoms with E-state index in [-0.39, 0.29) is 18.8 Å². The Morgan fingerprint density at radius 3 is 2.68 bits per heavy atom. The van der Waals surface area contributed by atoms with E-state index in [4.69, 9.17) is 14.2 Å². The highest BCUT2D eigenvalue weighted by Crippen LogP contribution is 2.29. The first-order valence-electron chi connectivity index (χ1n) is 6.74. The van der Waals surface area contributed by atoms with Gasteiger partial charge in [0.25, 0.3) is 0 Å². The van der Waals surface area contributed by atoms with Gasteiger partial charge in [0.05, 0.1) is 19.8 Å². The normalized spacial score (nSPS) is 23.1. The van der Waals surface area contributed by atoms with Crippen LogP contribution in [-0.2, 0) is 11.3 Å². The summed E-state index contributed by atoms with van der Waals surface area (Å²) in [6.45, 7) is -0.0487. The van der Waals surface area contributed by atoms with Gasteiger partial charge in [0, 0.05) is 19.1 Å². The van der Waals surface area contributed by atoms with Crippen molar-refractivity contribution in [1.29, 1.82) is 0 Å². The lowest BCUT2D eigenvalue weighted by molar-refractivity contribution is 0.0203. The Kier molecular flexibility index (Phi) is 5.05. The van der Waals surface area contributed by atoms with Crippen LogP contribution in [0.2, 0.25) is 0 Å². The monoisotopic (exact) mass is 266 g/mol. The number of hydrogen-bond acceptors (Lipinski definition) is 4. The van der Waals surface area contributed by atoms with Crippen LogP contribution in [0.1, 0.15) is 31.2 Å². The fraction of sp³-hybridized carbons (Fsp3) is 0.600. The quantitative estimate of drug-likeness (QED) is 0.889. The maximum atomic E-state index is 9.41. The first kappa shape index (κ1) is 14.2. The Labute approximate surface area is 114 Å². The van der Waals surface area contributed by atoms with E-state index in [1.165, 1.54) is 0 Å². The molecule has 0 aliphatic heterocycles. The third-order valence-electron chi connectivity index (χ3n) is 3.64. The highest BCUT2D eigenvalue weighted by molar-refractivity contribution is 5.40. The van der Waals surface area contributed by atoms with Crippen LogP contribution in [0.4, 0.5) is 0 Å². The van der Waals surface area contributed by atoms with E-state index in [2.05, 4.69) is 0 Å². The van der Waals surface area contributed by atoms with Gasteiger partial charge in [-0.2, -0.15) is 0 Å². The molecule has 106 valence electrons. The van der Waals surface area contributed by atoms with Crippen molar-refractivity contribution in [3.05, 3.63) is 23.8 Å². The van der Waals surface area contributed by atoms with Gasteiger partial charge in [-0.1, -0.05) is 0 Å². The molecule has 0 heterocycles. The minimum Gasteiger partial charge on any atom is -0.497 e. The van der Waals surface area contributed by atoms with E-state index in [0.717, 1.165) is 42.7 Å². The van der Waals surface area contributed by atoms with Crippen molar-refractivity contribution in [2.45, 2.75) is 44.5 Å². The highest BCUT2D eigenvalue weighted by atomic mass is 16.5. The summed E-state index contributed by atoms with van der Waals surface area (Å²) in [5.41, 5.74) is 0.763. The van der Waals surface area contributed by atoms with Gasteiger partial charge in [0.1, 0.15) is 17.6 Å². The molecule has 0 aromatic heterocycles. The first-order valence-corrected chi connectivity index (χ1v) is 6.74. The number of aliphatic hydroxyl groups excluding tert-OH is 1. The standard InChI is InChI=1S/C15H22O4/c1-17-12-4-3-5-14(9-12)19-15-7-6-13(18-2)8-11(15)10-16/h6-8,12,14,16H,3-5,9-10H2,1-2H3. The molecule has 1 N–H and O–H groups in total. The molecule has 2 unspecified atom stereocenters. The lowest BCUT2D eigenvalue weighted by Gasteiger charge is -2.29. The molecule has 1 aromatic rings. The van der Waals surface area contributed by atoms with Crippen LogP contribution in [0.25, 0.3) is 0 Å². The number of aliphatic hydroxyl groups is 1. The van der Waals surface area contributed by atoms with Crippen molar-refractivity contribution in [2.24, 2.45) is 0 Å². The molecule has 2 atom stereocenters. The van der Waals surface area contributed by atoms with E-state index in [1.54, 1.807) is 14.2 Å². The van der Waals surface area contributed by atoms with Crippen molar-refractivity contribution in [1.82, 2.24) is 0 Å². The van der Waals surface area contributed by atoms with Gasteiger partial charge < -0.3 is 19.3 Å². The Hall–Kier alpha value is -1.26. The summed E-state index contributed by atoms with van der Waals surface area (Å²) < 4.78 is 16.6. The smallest absolute Gasteiger partial charge is 0.125 e. The number of methoxy groups -OCH3 is 2. The summed E-state index contributed by atoms with van der Waals surface area (Å²) in [6.07, 6.45) is 4.62. The molecule has 0 radical (unpaired) electrons. The number of benzene rings is 1. The summed E-state index contributed by atoms with van der Waals surface area (Å²) in [5.74, 6) is 1.47. The predicted molar refractivity (Wildman–Crippen MR) is 72.6 cm³/mol.